The van der Waals surface area contributed by atoms with E-state index < -0.39 is 11.5 Å². The quantitative estimate of drug-likeness (QED) is 0.529. The van der Waals surface area contributed by atoms with Gasteiger partial charge < -0.3 is 9.15 Å². The molecule has 0 amide bonds. The van der Waals surface area contributed by atoms with Gasteiger partial charge in [-0.25, -0.2) is 9.18 Å². The summed E-state index contributed by atoms with van der Waals surface area (Å²) < 4.78 is 27.3. The van der Waals surface area contributed by atoms with Crippen molar-refractivity contribution in [3.8, 4) is 5.75 Å². The van der Waals surface area contributed by atoms with E-state index >= 15 is 0 Å². The molecule has 3 aromatic heterocycles. The lowest BCUT2D eigenvalue weighted by Gasteiger charge is -2.12. The average Bonchev–Trinajstić information content (AvgIpc) is 3.34. The first kappa shape index (κ1) is 17.3. The third-order valence-electron chi connectivity index (χ3n) is 4.29. The van der Waals surface area contributed by atoms with E-state index in [1.54, 1.807) is 29.6 Å². The molecule has 0 saturated carbocycles. The highest BCUT2D eigenvalue weighted by Crippen LogP contribution is 2.20. The van der Waals surface area contributed by atoms with Gasteiger partial charge in [-0.15, -0.1) is 11.3 Å². The van der Waals surface area contributed by atoms with Crippen LogP contribution in [0.25, 0.3) is 10.2 Å². The zero-order chi connectivity index (χ0) is 19.0. The minimum Gasteiger partial charge on any atom is -0.494 e. The zero-order valence-electron chi connectivity index (χ0n) is 14.3. The van der Waals surface area contributed by atoms with Crippen LogP contribution in [0.3, 0.4) is 0 Å². The Labute approximate surface area is 156 Å². The SMILES string of the molecule is COc1ccc(Cn2c(=O)n(Cc3ccco3)c(=O)c3sccc32)cc1F. The predicted octanol–water partition coefficient (Wildman–Crippen LogP) is 3.06. The van der Waals surface area contributed by atoms with Crippen LogP contribution < -0.4 is 16.0 Å². The monoisotopic (exact) mass is 386 g/mol. The van der Waals surface area contributed by atoms with E-state index in [4.69, 9.17) is 9.15 Å². The Morgan fingerprint density at radius 3 is 2.70 bits per heavy atom. The third kappa shape index (κ3) is 3.08. The number of thiophene rings is 1. The third-order valence-corrected chi connectivity index (χ3v) is 5.18. The number of nitrogens with zero attached hydrogens (tertiary/aromatic N) is 2. The molecule has 0 fully saturated rings. The summed E-state index contributed by atoms with van der Waals surface area (Å²) in [5.74, 6) is 0.134. The van der Waals surface area contributed by atoms with Crippen molar-refractivity contribution in [1.29, 1.82) is 0 Å². The fourth-order valence-corrected chi connectivity index (χ4v) is 3.82. The first-order valence-electron chi connectivity index (χ1n) is 8.14. The largest absolute Gasteiger partial charge is 0.494 e. The van der Waals surface area contributed by atoms with E-state index in [0.717, 1.165) is 4.57 Å². The van der Waals surface area contributed by atoms with E-state index in [1.165, 1.54) is 41.4 Å². The molecule has 27 heavy (non-hydrogen) atoms. The summed E-state index contributed by atoms with van der Waals surface area (Å²) >= 11 is 1.27. The van der Waals surface area contributed by atoms with Crippen molar-refractivity contribution < 1.29 is 13.5 Å². The molecule has 8 heteroatoms. The summed E-state index contributed by atoms with van der Waals surface area (Å²) in [5.41, 5.74) is 0.283. The van der Waals surface area contributed by atoms with Crippen LogP contribution >= 0.6 is 11.3 Å². The van der Waals surface area contributed by atoms with Gasteiger partial charge in [0.1, 0.15) is 10.5 Å². The second-order valence-corrected chi connectivity index (χ2v) is 6.86. The maximum absolute atomic E-state index is 14.0. The van der Waals surface area contributed by atoms with Gasteiger partial charge in [0.25, 0.3) is 5.56 Å². The van der Waals surface area contributed by atoms with Gasteiger partial charge in [0.05, 0.1) is 32.0 Å². The number of aromatic nitrogens is 2. The number of fused-ring (bicyclic) bond motifs is 1. The van der Waals surface area contributed by atoms with Crippen molar-refractivity contribution in [3.63, 3.8) is 0 Å². The van der Waals surface area contributed by atoms with Crippen molar-refractivity contribution >= 4 is 21.6 Å². The number of halogens is 1. The fourth-order valence-electron chi connectivity index (χ4n) is 2.97. The summed E-state index contributed by atoms with van der Waals surface area (Å²) in [7, 11) is 1.39. The molecule has 0 aliphatic rings. The summed E-state index contributed by atoms with van der Waals surface area (Å²) in [6.07, 6.45) is 1.49. The molecule has 0 aliphatic carbocycles. The van der Waals surface area contributed by atoms with Crippen molar-refractivity contribution in [1.82, 2.24) is 9.13 Å². The van der Waals surface area contributed by atoms with Crippen LogP contribution in [0.4, 0.5) is 4.39 Å². The molecular weight excluding hydrogens is 371 g/mol. The molecule has 0 aliphatic heterocycles. The maximum Gasteiger partial charge on any atom is 0.332 e. The van der Waals surface area contributed by atoms with Crippen LogP contribution in [0.15, 0.2) is 62.0 Å². The molecule has 0 N–H and O–H groups in total. The molecule has 0 unspecified atom stereocenters. The van der Waals surface area contributed by atoms with Crippen LogP contribution in [-0.4, -0.2) is 16.2 Å². The topological polar surface area (TPSA) is 66.4 Å². The van der Waals surface area contributed by atoms with E-state index in [1.807, 2.05) is 0 Å². The molecule has 0 bridgehead atoms. The highest BCUT2D eigenvalue weighted by Gasteiger charge is 2.16. The van der Waals surface area contributed by atoms with Crippen molar-refractivity contribution in [2.24, 2.45) is 0 Å². The second kappa shape index (κ2) is 6.88. The Morgan fingerprint density at radius 1 is 1.15 bits per heavy atom. The first-order chi connectivity index (χ1) is 13.1. The highest BCUT2D eigenvalue weighted by atomic mass is 32.1. The summed E-state index contributed by atoms with van der Waals surface area (Å²) in [4.78, 5) is 25.7. The lowest BCUT2D eigenvalue weighted by molar-refractivity contribution is 0.386. The van der Waals surface area contributed by atoms with E-state index in [-0.39, 0.29) is 24.4 Å². The minimum absolute atomic E-state index is 0.0372. The molecule has 4 rings (SSSR count). The van der Waals surface area contributed by atoms with Gasteiger partial charge in [0, 0.05) is 0 Å². The van der Waals surface area contributed by atoms with Crippen LogP contribution in [0.1, 0.15) is 11.3 Å². The van der Waals surface area contributed by atoms with Crippen LogP contribution in [0.5, 0.6) is 5.75 Å². The fraction of sp³-hybridized carbons (Fsp3) is 0.158. The van der Waals surface area contributed by atoms with Crippen LogP contribution in [0.2, 0.25) is 0 Å². The van der Waals surface area contributed by atoms with Crippen LogP contribution in [-0.2, 0) is 13.1 Å². The number of hydrogen-bond acceptors (Lipinski definition) is 5. The van der Waals surface area contributed by atoms with Gasteiger partial charge in [-0.1, -0.05) is 6.07 Å². The van der Waals surface area contributed by atoms with Gasteiger partial charge in [0.2, 0.25) is 0 Å². The smallest absolute Gasteiger partial charge is 0.332 e. The predicted molar refractivity (Wildman–Crippen MR) is 100 cm³/mol. The molecule has 0 atom stereocenters. The lowest BCUT2D eigenvalue weighted by Crippen LogP contribution is -2.40. The molecule has 0 spiro atoms. The Balaban J connectivity index is 1.84. The Kier molecular flexibility index (Phi) is 4.41. The van der Waals surface area contributed by atoms with Crippen molar-refractivity contribution in [2.75, 3.05) is 7.11 Å². The molecule has 0 radical (unpaired) electrons. The van der Waals surface area contributed by atoms with Crippen molar-refractivity contribution in [2.45, 2.75) is 13.1 Å². The zero-order valence-corrected chi connectivity index (χ0v) is 15.2. The standard InChI is InChI=1S/C19H15FN2O4S/c1-25-16-5-4-12(9-14(16)20)10-21-15-6-8-27-17(15)18(23)22(19(21)24)11-13-3-2-7-26-13/h2-9H,10-11H2,1H3. The molecule has 138 valence electrons. The summed E-state index contributed by atoms with van der Waals surface area (Å²) in [6, 6.07) is 9.65. The maximum atomic E-state index is 14.0. The normalized spacial score (nSPS) is 11.2. The van der Waals surface area contributed by atoms with Gasteiger partial charge in [0.15, 0.2) is 11.6 Å². The first-order valence-corrected chi connectivity index (χ1v) is 9.02. The Hall–Kier alpha value is -3.13. The van der Waals surface area contributed by atoms with Crippen LogP contribution in [0, 0.1) is 5.82 Å². The second-order valence-electron chi connectivity index (χ2n) is 5.94. The Morgan fingerprint density at radius 2 is 2.00 bits per heavy atom. The average molecular weight is 386 g/mol. The number of methoxy groups -OCH3 is 1. The molecule has 0 saturated heterocycles. The van der Waals surface area contributed by atoms with E-state index in [0.29, 0.717) is 21.5 Å². The molecular formula is C19H15FN2O4S. The molecule has 4 aromatic rings. The van der Waals surface area contributed by atoms with Crippen molar-refractivity contribution in [3.05, 3.63) is 86.0 Å². The molecule has 6 nitrogen and oxygen atoms in total. The molecule has 1 aromatic carbocycles. The van der Waals surface area contributed by atoms with Gasteiger partial charge in [-0.3, -0.25) is 13.9 Å². The summed E-state index contributed by atoms with van der Waals surface area (Å²) in [6.45, 7) is 0.168. The number of furan rings is 1. The number of benzene rings is 1. The minimum atomic E-state index is -0.506. The van der Waals surface area contributed by atoms with Gasteiger partial charge in [-0.05, 0) is 41.3 Å². The summed E-state index contributed by atoms with van der Waals surface area (Å²) in [5, 5.41) is 1.76. The van der Waals surface area contributed by atoms with Gasteiger partial charge >= 0.3 is 5.69 Å². The molecule has 3 heterocycles. The Bertz CT molecular complexity index is 1220. The van der Waals surface area contributed by atoms with E-state index in [2.05, 4.69) is 0 Å². The highest BCUT2D eigenvalue weighted by molar-refractivity contribution is 7.17. The number of ether oxygens (including phenoxy) is 1. The van der Waals surface area contributed by atoms with E-state index in [9.17, 15) is 14.0 Å². The number of hydrogen-bond donors (Lipinski definition) is 0. The lowest BCUT2D eigenvalue weighted by atomic mass is 10.2. The van der Waals surface area contributed by atoms with Gasteiger partial charge in [-0.2, -0.15) is 0 Å². The number of rotatable bonds is 5.